The molecule has 1 saturated carbocycles. The zero-order valence-electron chi connectivity index (χ0n) is 16.0. The smallest absolute Gasteiger partial charge is 0.141 e. The van der Waals surface area contributed by atoms with Gasteiger partial charge in [-0.25, -0.2) is 8.78 Å². The van der Waals surface area contributed by atoms with Crippen LogP contribution in [-0.2, 0) is 0 Å². The molecular formula is C24H27F2N. The molecule has 0 saturated heterocycles. The summed E-state index contributed by atoms with van der Waals surface area (Å²) in [6.07, 6.45) is 9.97. The van der Waals surface area contributed by atoms with Crippen molar-refractivity contribution < 1.29 is 8.78 Å². The molecule has 0 spiro atoms. The van der Waals surface area contributed by atoms with Crippen LogP contribution >= 0.6 is 0 Å². The average Bonchev–Trinajstić information content (AvgIpc) is 2.68. The van der Waals surface area contributed by atoms with Crippen LogP contribution in [0.1, 0.15) is 75.3 Å². The molecule has 0 atom stereocenters. The first-order valence-electron chi connectivity index (χ1n) is 10.1. The van der Waals surface area contributed by atoms with Crippen LogP contribution in [0.3, 0.4) is 0 Å². The lowest BCUT2D eigenvalue weighted by Gasteiger charge is -2.29. The Morgan fingerprint density at radius 1 is 0.963 bits per heavy atom. The third kappa shape index (κ3) is 4.75. The van der Waals surface area contributed by atoms with Crippen molar-refractivity contribution >= 4 is 0 Å². The van der Waals surface area contributed by atoms with E-state index in [1.807, 2.05) is 6.07 Å². The molecule has 142 valence electrons. The summed E-state index contributed by atoms with van der Waals surface area (Å²) in [5.74, 6) is 0.328. The average molecular weight is 367 g/mol. The Hall–Kier alpha value is -2.21. The van der Waals surface area contributed by atoms with E-state index in [-0.39, 0.29) is 11.4 Å². The summed E-state index contributed by atoms with van der Waals surface area (Å²) in [4.78, 5) is 0. The number of nitrogens with zero attached hydrogens (tertiary/aromatic N) is 1. The van der Waals surface area contributed by atoms with Crippen molar-refractivity contribution in [3.63, 3.8) is 0 Å². The normalized spacial score (nSPS) is 19.6. The zero-order chi connectivity index (χ0) is 19.2. The maximum absolute atomic E-state index is 14.7. The molecule has 0 radical (unpaired) electrons. The van der Waals surface area contributed by atoms with Crippen LogP contribution in [0.5, 0.6) is 0 Å². The van der Waals surface area contributed by atoms with Gasteiger partial charge in [-0.15, -0.1) is 0 Å². The highest BCUT2D eigenvalue weighted by Crippen LogP contribution is 2.39. The minimum atomic E-state index is -0.611. The number of unbranched alkanes of at least 4 members (excludes halogenated alkanes) is 2. The van der Waals surface area contributed by atoms with E-state index in [1.54, 1.807) is 24.3 Å². The van der Waals surface area contributed by atoms with E-state index in [4.69, 9.17) is 5.26 Å². The maximum Gasteiger partial charge on any atom is 0.141 e. The third-order valence-electron chi connectivity index (χ3n) is 5.93. The first-order chi connectivity index (χ1) is 13.1. The van der Waals surface area contributed by atoms with E-state index in [0.717, 1.165) is 24.3 Å². The van der Waals surface area contributed by atoms with Crippen LogP contribution in [0.2, 0.25) is 0 Å². The van der Waals surface area contributed by atoms with Crippen molar-refractivity contribution in [3.8, 4) is 17.2 Å². The monoisotopic (exact) mass is 367 g/mol. The van der Waals surface area contributed by atoms with Crippen molar-refractivity contribution in [2.45, 2.75) is 64.2 Å². The SMILES string of the molecule is CCCCCC1CCC(c2ccc(-c3ccc(C#N)c(F)c3)c(F)c2)CC1. The molecule has 0 N–H and O–H groups in total. The minimum absolute atomic E-state index is 0.0218. The number of hydrogen-bond donors (Lipinski definition) is 0. The number of hydrogen-bond acceptors (Lipinski definition) is 1. The Bertz CT molecular complexity index is 814. The Kier molecular flexibility index (Phi) is 6.61. The molecule has 0 aromatic heterocycles. The lowest BCUT2D eigenvalue weighted by molar-refractivity contribution is 0.302. The van der Waals surface area contributed by atoms with Gasteiger partial charge >= 0.3 is 0 Å². The molecule has 3 heteroatoms. The van der Waals surface area contributed by atoms with E-state index in [2.05, 4.69) is 6.92 Å². The molecule has 2 aromatic rings. The van der Waals surface area contributed by atoms with Crippen LogP contribution in [-0.4, -0.2) is 0 Å². The van der Waals surface area contributed by atoms with E-state index in [1.165, 1.54) is 50.7 Å². The fraction of sp³-hybridized carbons (Fsp3) is 0.458. The third-order valence-corrected chi connectivity index (χ3v) is 5.93. The largest absolute Gasteiger partial charge is 0.206 e. The van der Waals surface area contributed by atoms with E-state index in [0.29, 0.717) is 17.0 Å². The lowest BCUT2D eigenvalue weighted by Crippen LogP contribution is -2.13. The first-order valence-corrected chi connectivity index (χ1v) is 10.1. The molecule has 1 aliphatic carbocycles. The molecule has 3 rings (SSSR count). The number of benzene rings is 2. The lowest BCUT2D eigenvalue weighted by atomic mass is 9.77. The van der Waals surface area contributed by atoms with Crippen LogP contribution in [0.15, 0.2) is 36.4 Å². The summed E-state index contributed by atoms with van der Waals surface area (Å²) in [7, 11) is 0. The van der Waals surface area contributed by atoms with Gasteiger partial charge < -0.3 is 0 Å². The quantitative estimate of drug-likeness (QED) is 0.489. The zero-order valence-corrected chi connectivity index (χ0v) is 16.0. The van der Waals surface area contributed by atoms with Gasteiger partial charge in [-0.1, -0.05) is 50.8 Å². The summed E-state index contributed by atoms with van der Waals surface area (Å²) < 4.78 is 28.5. The summed E-state index contributed by atoms with van der Waals surface area (Å²) >= 11 is 0. The van der Waals surface area contributed by atoms with Gasteiger partial charge in [0.15, 0.2) is 0 Å². The van der Waals surface area contributed by atoms with Gasteiger partial charge in [0.05, 0.1) is 5.56 Å². The van der Waals surface area contributed by atoms with Crippen LogP contribution < -0.4 is 0 Å². The van der Waals surface area contributed by atoms with Gasteiger partial charge in [-0.05, 0) is 66.8 Å². The Labute approximate surface area is 161 Å². The topological polar surface area (TPSA) is 23.8 Å². The molecule has 1 fully saturated rings. The van der Waals surface area contributed by atoms with Crippen LogP contribution in [0.4, 0.5) is 8.78 Å². The number of nitriles is 1. The number of halogens is 2. The molecule has 0 amide bonds. The summed E-state index contributed by atoms with van der Waals surface area (Å²) in [5, 5.41) is 8.83. The Morgan fingerprint density at radius 3 is 2.37 bits per heavy atom. The van der Waals surface area contributed by atoms with Crippen LogP contribution in [0.25, 0.3) is 11.1 Å². The van der Waals surface area contributed by atoms with Crippen LogP contribution in [0, 0.1) is 28.9 Å². The van der Waals surface area contributed by atoms with Crippen molar-refractivity contribution in [1.82, 2.24) is 0 Å². The Morgan fingerprint density at radius 2 is 1.74 bits per heavy atom. The van der Waals surface area contributed by atoms with E-state index in [9.17, 15) is 8.78 Å². The molecular weight excluding hydrogens is 340 g/mol. The molecule has 0 aliphatic heterocycles. The molecule has 27 heavy (non-hydrogen) atoms. The predicted octanol–water partition coefficient (Wildman–Crippen LogP) is 7.36. The second-order valence-corrected chi connectivity index (χ2v) is 7.76. The minimum Gasteiger partial charge on any atom is -0.206 e. The van der Waals surface area contributed by atoms with Crippen molar-refractivity contribution in [3.05, 3.63) is 59.2 Å². The fourth-order valence-corrected chi connectivity index (χ4v) is 4.26. The van der Waals surface area contributed by atoms with E-state index < -0.39 is 5.82 Å². The second-order valence-electron chi connectivity index (χ2n) is 7.76. The molecule has 2 aromatic carbocycles. The molecule has 1 aliphatic rings. The van der Waals surface area contributed by atoms with Gasteiger partial charge in [-0.2, -0.15) is 5.26 Å². The maximum atomic E-state index is 14.7. The number of rotatable bonds is 6. The van der Waals surface area contributed by atoms with Crippen molar-refractivity contribution in [2.75, 3.05) is 0 Å². The van der Waals surface area contributed by atoms with Crippen molar-refractivity contribution in [1.29, 1.82) is 5.26 Å². The molecule has 0 bridgehead atoms. The van der Waals surface area contributed by atoms with Gasteiger partial charge in [0.25, 0.3) is 0 Å². The van der Waals surface area contributed by atoms with E-state index >= 15 is 0 Å². The molecule has 1 nitrogen and oxygen atoms in total. The highest BCUT2D eigenvalue weighted by molar-refractivity contribution is 5.65. The van der Waals surface area contributed by atoms with Crippen molar-refractivity contribution in [2.24, 2.45) is 5.92 Å². The van der Waals surface area contributed by atoms with Gasteiger partial charge in [0.2, 0.25) is 0 Å². The highest BCUT2D eigenvalue weighted by Gasteiger charge is 2.23. The highest BCUT2D eigenvalue weighted by atomic mass is 19.1. The summed E-state index contributed by atoms with van der Waals surface area (Å²) in [6.45, 7) is 2.24. The summed E-state index contributed by atoms with van der Waals surface area (Å²) in [6, 6.07) is 11.4. The first kappa shape index (κ1) is 19.5. The summed E-state index contributed by atoms with van der Waals surface area (Å²) in [5.41, 5.74) is 1.88. The van der Waals surface area contributed by atoms with Gasteiger partial charge in [0, 0.05) is 5.56 Å². The fourth-order valence-electron chi connectivity index (χ4n) is 4.26. The standard InChI is InChI=1S/C24H27F2N/c1-2-3-4-5-17-6-8-18(9-7-17)19-12-13-22(24(26)14-19)20-10-11-21(16-27)23(25)15-20/h10-15,17-18H,2-9H2,1H3. The predicted molar refractivity (Wildman–Crippen MR) is 105 cm³/mol. The Balaban J connectivity index is 1.67. The molecule has 0 heterocycles. The molecule has 0 unspecified atom stereocenters. The van der Waals surface area contributed by atoms with Gasteiger partial charge in [-0.3, -0.25) is 0 Å². The second kappa shape index (κ2) is 9.13. The van der Waals surface area contributed by atoms with Gasteiger partial charge in [0.1, 0.15) is 17.7 Å².